The number of aromatic nitrogens is 1. The summed E-state index contributed by atoms with van der Waals surface area (Å²) in [5, 5.41) is 5.64. The topological polar surface area (TPSA) is 72.5 Å². The Bertz CT molecular complexity index is 354. The van der Waals surface area contributed by atoms with E-state index in [1.54, 1.807) is 26.3 Å². The van der Waals surface area contributed by atoms with E-state index >= 15 is 0 Å². The third kappa shape index (κ3) is 5.11. The summed E-state index contributed by atoms with van der Waals surface area (Å²) < 4.78 is 10.1. The van der Waals surface area contributed by atoms with E-state index < -0.39 is 0 Å². The van der Waals surface area contributed by atoms with Gasteiger partial charge >= 0.3 is 0 Å². The fraction of sp³-hybridized carbons (Fsp3) is 0.500. The van der Waals surface area contributed by atoms with Crippen molar-refractivity contribution in [1.82, 2.24) is 10.3 Å². The molecule has 1 aromatic heterocycles. The van der Waals surface area contributed by atoms with E-state index in [0.29, 0.717) is 31.9 Å². The van der Waals surface area contributed by atoms with Crippen LogP contribution in [0.1, 0.15) is 10.4 Å². The van der Waals surface area contributed by atoms with E-state index in [1.165, 1.54) is 6.20 Å². The zero-order chi connectivity index (χ0) is 13.2. The predicted octanol–water partition coefficient (Wildman–Crippen LogP) is 0.516. The third-order valence-electron chi connectivity index (χ3n) is 2.25. The minimum Gasteiger partial charge on any atom is -0.382 e. The number of carbonyl (C=O) groups is 1. The van der Waals surface area contributed by atoms with E-state index in [9.17, 15) is 4.79 Å². The van der Waals surface area contributed by atoms with Gasteiger partial charge in [-0.1, -0.05) is 0 Å². The van der Waals surface area contributed by atoms with Crippen LogP contribution in [0.25, 0.3) is 0 Å². The number of anilines is 1. The summed E-state index contributed by atoms with van der Waals surface area (Å²) in [7, 11) is 3.40. The smallest absolute Gasteiger partial charge is 0.252 e. The Balaban J connectivity index is 2.23. The van der Waals surface area contributed by atoms with Gasteiger partial charge in [0.1, 0.15) is 5.82 Å². The largest absolute Gasteiger partial charge is 0.382 e. The summed E-state index contributed by atoms with van der Waals surface area (Å²) in [5.74, 6) is 0.579. The second kappa shape index (κ2) is 8.43. The summed E-state index contributed by atoms with van der Waals surface area (Å²) in [6.07, 6.45) is 1.53. The molecule has 0 atom stereocenters. The fourth-order valence-corrected chi connectivity index (χ4v) is 1.26. The Hall–Kier alpha value is -1.66. The van der Waals surface area contributed by atoms with Gasteiger partial charge in [0.15, 0.2) is 0 Å². The number of methoxy groups -OCH3 is 1. The number of rotatable bonds is 8. The van der Waals surface area contributed by atoms with E-state index in [0.717, 1.165) is 5.82 Å². The molecule has 2 N–H and O–H groups in total. The van der Waals surface area contributed by atoms with Crippen molar-refractivity contribution in [2.45, 2.75) is 0 Å². The standard InChI is InChI=1S/C12H19N3O3/c1-13-11-4-3-10(9-15-11)12(16)14-5-6-18-8-7-17-2/h3-4,9H,5-8H2,1-2H3,(H,13,15)(H,14,16). The van der Waals surface area contributed by atoms with Gasteiger partial charge in [0.05, 0.1) is 25.4 Å². The molecule has 0 bridgehead atoms. The van der Waals surface area contributed by atoms with Crippen molar-refractivity contribution in [3.05, 3.63) is 23.9 Å². The molecule has 1 aromatic rings. The van der Waals surface area contributed by atoms with Crippen LogP contribution >= 0.6 is 0 Å². The Kier molecular flexibility index (Phi) is 6.75. The molecule has 18 heavy (non-hydrogen) atoms. The van der Waals surface area contributed by atoms with Gasteiger partial charge in [-0.05, 0) is 12.1 Å². The summed E-state index contributed by atoms with van der Waals surface area (Å²) in [6.45, 7) is 2.03. The first kappa shape index (κ1) is 14.4. The Morgan fingerprint density at radius 2 is 2.17 bits per heavy atom. The molecule has 0 aliphatic rings. The monoisotopic (exact) mass is 253 g/mol. The molecule has 0 aliphatic carbocycles. The van der Waals surface area contributed by atoms with E-state index in [2.05, 4.69) is 15.6 Å². The zero-order valence-corrected chi connectivity index (χ0v) is 10.7. The molecule has 0 aliphatic heterocycles. The number of carbonyl (C=O) groups excluding carboxylic acids is 1. The molecule has 0 aromatic carbocycles. The van der Waals surface area contributed by atoms with Crippen LogP contribution in [0.4, 0.5) is 5.82 Å². The van der Waals surface area contributed by atoms with Gasteiger partial charge in [0.25, 0.3) is 5.91 Å². The van der Waals surface area contributed by atoms with Gasteiger partial charge < -0.3 is 20.1 Å². The lowest BCUT2D eigenvalue weighted by molar-refractivity contribution is 0.0692. The first-order valence-electron chi connectivity index (χ1n) is 5.76. The average Bonchev–Trinajstić information content (AvgIpc) is 2.42. The predicted molar refractivity (Wildman–Crippen MR) is 68.8 cm³/mol. The molecule has 0 fully saturated rings. The Morgan fingerprint density at radius 1 is 1.33 bits per heavy atom. The number of amides is 1. The van der Waals surface area contributed by atoms with Gasteiger partial charge in [-0.3, -0.25) is 4.79 Å². The number of hydrogen-bond donors (Lipinski definition) is 2. The number of nitrogens with zero attached hydrogens (tertiary/aromatic N) is 1. The molecular weight excluding hydrogens is 234 g/mol. The van der Waals surface area contributed by atoms with Crippen LogP contribution in [0.5, 0.6) is 0 Å². The molecule has 1 amide bonds. The SMILES string of the molecule is CNc1ccc(C(=O)NCCOCCOC)cn1. The van der Waals surface area contributed by atoms with Gasteiger partial charge in [0.2, 0.25) is 0 Å². The highest BCUT2D eigenvalue weighted by molar-refractivity contribution is 5.94. The second-order valence-corrected chi connectivity index (χ2v) is 3.54. The lowest BCUT2D eigenvalue weighted by Gasteiger charge is -2.06. The molecule has 0 radical (unpaired) electrons. The molecule has 6 nitrogen and oxygen atoms in total. The lowest BCUT2D eigenvalue weighted by atomic mass is 10.2. The van der Waals surface area contributed by atoms with Crippen molar-refractivity contribution in [3.63, 3.8) is 0 Å². The molecule has 0 saturated carbocycles. The van der Waals surface area contributed by atoms with Crippen molar-refractivity contribution in [2.75, 3.05) is 45.8 Å². The van der Waals surface area contributed by atoms with Crippen molar-refractivity contribution in [1.29, 1.82) is 0 Å². The molecule has 0 saturated heterocycles. The van der Waals surface area contributed by atoms with Gasteiger partial charge in [-0.25, -0.2) is 4.98 Å². The zero-order valence-electron chi connectivity index (χ0n) is 10.7. The van der Waals surface area contributed by atoms with Crippen LogP contribution < -0.4 is 10.6 Å². The van der Waals surface area contributed by atoms with Crippen LogP contribution in [0.2, 0.25) is 0 Å². The summed E-state index contributed by atoms with van der Waals surface area (Å²) in [4.78, 5) is 15.7. The lowest BCUT2D eigenvalue weighted by Crippen LogP contribution is -2.27. The number of pyridine rings is 1. The van der Waals surface area contributed by atoms with Crippen LogP contribution in [-0.2, 0) is 9.47 Å². The highest BCUT2D eigenvalue weighted by atomic mass is 16.5. The van der Waals surface area contributed by atoms with Gasteiger partial charge in [-0.15, -0.1) is 0 Å². The van der Waals surface area contributed by atoms with Crippen LogP contribution in [0.15, 0.2) is 18.3 Å². The molecule has 100 valence electrons. The van der Waals surface area contributed by atoms with Gasteiger partial charge in [0, 0.05) is 26.9 Å². The van der Waals surface area contributed by atoms with Crippen molar-refractivity contribution < 1.29 is 14.3 Å². The van der Waals surface area contributed by atoms with Crippen LogP contribution in [0, 0.1) is 0 Å². The maximum absolute atomic E-state index is 11.7. The highest BCUT2D eigenvalue weighted by Crippen LogP contribution is 2.03. The van der Waals surface area contributed by atoms with Crippen molar-refractivity contribution >= 4 is 11.7 Å². The van der Waals surface area contributed by atoms with Crippen molar-refractivity contribution in [3.8, 4) is 0 Å². The Morgan fingerprint density at radius 3 is 2.78 bits per heavy atom. The number of ether oxygens (including phenoxy) is 2. The second-order valence-electron chi connectivity index (χ2n) is 3.54. The molecule has 0 unspecified atom stereocenters. The minimum absolute atomic E-state index is 0.152. The van der Waals surface area contributed by atoms with Crippen LogP contribution in [0.3, 0.4) is 0 Å². The van der Waals surface area contributed by atoms with E-state index in [4.69, 9.17) is 9.47 Å². The molecule has 1 rings (SSSR count). The molecule has 0 spiro atoms. The average molecular weight is 253 g/mol. The number of hydrogen-bond acceptors (Lipinski definition) is 5. The first-order chi connectivity index (χ1) is 8.77. The van der Waals surface area contributed by atoms with E-state index in [-0.39, 0.29) is 5.91 Å². The van der Waals surface area contributed by atoms with Crippen molar-refractivity contribution in [2.24, 2.45) is 0 Å². The van der Waals surface area contributed by atoms with Crippen LogP contribution in [-0.4, -0.2) is 51.4 Å². The maximum Gasteiger partial charge on any atom is 0.252 e. The third-order valence-corrected chi connectivity index (χ3v) is 2.25. The fourth-order valence-electron chi connectivity index (χ4n) is 1.26. The normalized spacial score (nSPS) is 10.1. The molecular formula is C12H19N3O3. The van der Waals surface area contributed by atoms with E-state index in [1.807, 2.05) is 0 Å². The molecule has 1 heterocycles. The summed E-state index contributed by atoms with van der Waals surface area (Å²) in [6, 6.07) is 3.48. The highest BCUT2D eigenvalue weighted by Gasteiger charge is 2.04. The summed E-state index contributed by atoms with van der Waals surface area (Å²) >= 11 is 0. The number of nitrogens with one attached hydrogen (secondary N) is 2. The molecule has 6 heteroatoms. The minimum atomic E-state index is -0.152. The van der Waals surface area contributed by atoms with Gasteiger partial charge in [-0.2, -0.15) is 0 Å². The summed E-state index contributed by atoms with van der Waals surface area (Å²) in [5.41, 5.74) is 0.533. The Labute approximate surface area is 107 Å². The quantitative estimate of drug-likeness (QED) is 0.661. The first-order valence-corrected chi connectivity index (χ1v) is 5.76. The maximum atomic E-state index is 11.7.